The molecular formula is C23H27N5OP2. The number of rotatable bonds is 5. The number of nitrogens with zero attached hydrogens (tertiary/aromatic N) is 4. The highest BCUT2D eigenvalue weighted by molar-refractivity contribution is 7.40. The van der Waals surface area contributed by atoms with Crippen molar-refractivity contribution in [3.63, 3.8) is 0 Å². The van der Waals surface area contributed by atoms with Gasteiger partial charge in [-0.1, -0.05) is 44.2 Å². The molecule has 1 saturated heterocycles. The Kier molecular flexibility index (Phi) is 6.31. The highest BCUT2D eigenvalue weighted by Crippen LogP contribution is 2.42. The standard InChI is InChI=1S/C23H27N5OP2/c1-15(2)20-25-12-17(13-26-20)22(29)27-19-18(16-6-4-3-5-7-16)8-10-24-21(19)28-11-9-23(30,31)14-28/h3-8,10,12-13,15H,9,11,14,30-31H2,1-2H3,(H,27,29). The van der Waals surface area contributed by atoms with Crippen LogP contribution in [0.25, 0.3) is 11.1 Å². The predicted molar refractivity (Wildman–Crippen MR) is 133 cm³/mol. The molecule has 6 nitrogen and oxygen atoms in total. The fourth-order valence-corrected chi connectivity index (χ4v) is 4.35. The monoisotopic (exact) mass is 451 g/mol. The maximum absolute atomic E-state index is 13.1. The first-order chi connectivity index (χ1) is 14.8. The van der Waals surface area contributed by atoms with Crippen molar-refractivity contribution in [2.45, 2.75) is 31.1 Å². The van der Waals surface area contributed by atoms with Gasteiger partial charge in [-0.05, 0) is 18.1 Å². The summed E-state index contributed by atoms with van der Waals surface area (Å²) >= 11 is 0. The Morgan fingerprint density at radius 3 is 2.42 bits per heavy atom. The number of aromatic nitrogens is 3. The Hall–Kier alpha value is -2.42. The molecule has 2 unspecified atom stereocenters. The molecule has 160 valence electrons. The van der Waals surface area contributed by atoms with E-state index in [0.29, 0.717) is 11.3 Å². The van der Waals surface area contributed by atoms with E-state index in [-0.39, 0.29) is 16.7 Å². The molecule has 8 heteroatoms. The minimum absolute atomic E-state index is 0.0478. The van der Waals surface area contributed by atoms with E-state index in [9.17, 15) is 4.79 Å². The molecule has 1 N–H and O–H groups in total. The predicted octanol–water partition coefficient (Wildman–Crippen LogP) is 4.57. The van der Waals surface area contributed by atoms with Gasteiger partial charge in [0.05, 0.1) is 11.3 Å². The summed E-state index contributed by atoms with van der Waals surface area (Å²) < 4.78 is 0. The van der Waals surface area contributed by atoms with Gasteiger partial charge in [-0.15, -0.1) is 18.5 Å². The maximum atomic E-state index is 13.1. The molecule has 2 atom stereocenters. The van der Waals surface area contributed by atoms with Gasteiger partial charge in [0.1, 0.15) is 5.82 Å². The maximum Gasteiger partial charge on any atom is 0.258 e. The number of amides is 1. The van der Waals surface area contributed by atoms with Crippen LogP contribution in [0.1, 0.15) is 42.4 Å². The van der Waals surface area contributed by atoms with Gasteiger partial charge in [-0.3, -0.25) is 4.79 Å². The molecule has 2 aromatic heterocycles. The lowest BCUT2D eigenvalue weighted by atomic mass is 10.0. The molecule has 4 rings (SSSR count). The Morgan fingerprint density at radius 1 is 1.10 bits per heavy atom. The van der Waals surface area contributed by atoms with Crippen LogP contribution in [0.3, 0.4) is 0 Å². The Bertz CT molecular complexity index is 1070. The number of carbonyl (C=O) groups excluding carboxylic acids is 1. The van der Waals surface area contributed by atoms with Gasteiger partial charge in [-0.2, -0.15) is 0 Å². The molecule has 0 bridgehead atoms. The van der Waals surface area contributed by atoms with Crippen LogP contribution in [-0.4, -0.2) is 38.8 Å². The first-order valence-electron chi connectivity index (χ1n) is 10.3. The summed E-state index contributed by atoms with van der Waals surface area (Å²) in [5, 5.41) is 3.11. The highest BCUT2D eigenvalue weighted by atomic mass is 31.1. The van der Waals surface area contributed by atoms with E-state index in [0.717, 1.165) is 42.3 Å². The molecule has 31 heavy (non-hydrogen) atoms. The number of hydrogen-bond acceptors (Lipinski definition) is 5. The molecule has 1 fully saturated rings. The number of pyridine rings is 1. The fourth-order valence-electron chi connectivity index (χ4n) is 3.65. The van der Waals surface area contributed by atoms with E-state index in [4.69, 9.17) is 0 Å². The summed E-state index contributed by atoms with van der Waals surface area (Å²) in [5.74, 6) is 1.46. The molecule has 1 aromatic carbocycles. The molecule has 0 aliphatic carbocycles. The lowest BCUT2D eigenvalue weighted by molar-refractivity contribution is 0.102. The van der Waals surface area contributed by atoms with Crippen LogP contribution in [0.15, 0.2) is 55.0 Å². The van der Waals surface area contributed by atoms with Crippen molar-refractivity contribution in [2.75, 3.05) is 23.3 Å². The Morgan fingerprint density at radius 2 is 1.81 bits per heavy atom. The molecule has 3 aromatic rings. The van der Waals surface area contributed by atoms with Crippen LogP contribution in [0.2, 0.25) is 0 Å². The lowest BCUT2D eigenvalue weighted by Crippen LogP contribution is -2.26. The fraction of sp³-hybridized carbons (Fsp3) is 0.304. The first kappa shape index (κ1) is 21.8. The number of nitrogens with one attached hydrogen (secondary N) is 1. The minimum atomic E-state index is -0.246. The van der Waals surface area contributed by atoms with Crippen LogP contribution in [0, 0.1) is 0 Å². The Balaban J connectivity index is 1.72. The molecule has 0 spiro atoms. The van der Waals surface area contributed by atoms with E-state index in [1.165, 1.54) is 0 Å². The molecule has 0 saturated carbocycles. The van der Waals surface area contributed by atoms with E-state index < -0.39 is 0 Å². The largest absolute Gasteiger partial charge is 0.354 e. The second-order valence-electron chi connectivity index (χ2n) is 8.27. The van der Waals surface area contributed by atoms with Crippen molar-refractivity contribution in [3.8, 4) is 11.1 Å². The van der Waals surface area contributed by atoms with Gasteiger partial charge >= 0.3 is 0 Å². The van der Waals surface area contributed by atoms with Crippen LogP contribution >= 0.6 is 18.5 Å². The van der Waals surface area contributed by atoms with Crippen molar-refractivity contribution >= 4 is 35.9 Å². The van der Waals surface area contributed by atoms with E-state index >= 15 is 0 Å². The van der Waals surface area contributed by atoms with Gasteiger partial charge in [0.25, 0.3) is 5.91 Å². The number of hydrogen-bond donors (Lipinski definition) is 1. The summed E-state index contributed by atoms with van der Waals surface area (Å²) in [6, 6.07) is 12.0. The first-order valence-corrected chi connectivity index (χ1v) is 11.5. The summed E-state index contributed by atoms with van der Waals surface area (Å²) in [6.45, 7) is 5.74. The summed E-state index contributed by atoms with van der Waals surface area (Å²) in [6.07, 6.45) is 5.99. The molecule has 3 heterocycles. The van der Waals surface area contributed by atoms with Crippen LogP contribution < -0.4 is 10.2 Å². The van der Waals surface area contributed by atoms with Gasteiger partial charge in [0.15, 0.2) is 5.82 Å². The second kappa shape index (κ2) is 8.98. The van der Waals surface area contributed by atoms with Crippen LogP contribution in [-0.2, 0) is 0 Å². The number of carbonyl (C=O) groups is 1. The van der Waals surface area contributed by atoms with E-state index in [1.807, 2.05) is 50.2 Å². The summed E-state index contributed by atoms with van der Waals surface area (Å²) in [5.41, 5.74) is 3.09. The second-order valence-corrected chi connectivity index (χ2v) is 11.2. The van der Waals surface area contributed by atoms with Gasteiger partial charge in [0.2, 0.25) is 0 Å². The SMILES string of the molecule is CC(C)c1ncc(C(=O)Nc2c(-c3ccccc3)ccnc2N2CCC(P)(P)C2)cn1. The van der Waals surface area contributed by atoms with Crippen molar-refractivity contribution in [2.24, 2.45) is 0 Å². The third kappa shape index (κ3) is 4.92. The summed E-state index contributed by atoms with van der Waals surface area (Å²) in [7, 11) is 5.82. The molecule has 1 aliphatic rings. The number of anilines is 2. The average Bonchev–Trinajstić information content (AvgIpc) is 3.14. The minimum Gasteiger partial charge on any atom is -0.354 e. The topological polar surface area (TPSA) is 71.0 Å². The molecular weight excluding hydrogens is 424 g/mol. The van der Waals surface area contributed by atoms with Crippen molar-refractivity contribution in [1.82, 2.24) is 15.0 Å². The Labute approximate surface area is 187 Å². The van der Waals surface area contributed by atoms with Gasteiger partial charge in [0, 0.05) is 48.1 Å². The molecule has 1 aliphatic heterocycles. The molecule has 1 amide bonds. The van der Waals surface area contributed by atoms with Crippen molar-refractivity contribution in [1.29, 1.82) is 0 Å². The van der Waals surface area contributed by atoms with Crippen molar-refractivity contribution in [3.05, 3.63) is 66.4 Å². The zero-order valence-corrected chi connectivity index (χ0v) is 20.1. The van der Waals surface area contributed by atoms with E-state index in [1.54, 1.807) is 18.6 Å². The zero-order chi connectivity index (χ0) is 22.0. The smallest absolute Gasteiger partial charge is 0.258 e. The zero-order valence-electron chi connectivity index (χ0n) is 17.7. The lowest BCUT2D eigenvalue weighted by Gasteiger charge is -2.24. The van der Waals surface area contributed by atoms with Crippen molar-refractivity contribution < 1.29 is 4.79 Å². The van der Waals surface area contributed by atoms with E-state index in [2.05, 4.69) is 43.6 Å². The normalized spacial score (nSPS) is 15.3. The van der Waals surface area contributed by atoms with Crippen LogP contribution in [0.4, 0.5) is 11.5 Å². The molecule has 0 radical (unpaired) electrons. The highest BCUT2D eigenvalue weighted by Gasteiger charge is 2.32. The van der Waals surface area contributed by atoms with Gasteiger partial charge < -0.3 is 10.2 Å². The summed E-state index contributed by atoms with van der Waals surface area (Å²) in [4.78, 5) is 28.7. The van der Waals surface area contributed by atoms with Gasteiger partial charge in [-0.25, -0.2) is 15.0 Å². The van der Waals surface area contributed by atoms with Crippen LogP contribution in [0.5, 0.6) is 0 Å². The quantitative estimate of drug-likeness (QED) is 0.576. The third-order valence-electron chi connectivity index (χ3n) is 5.34. The third-order valence-corrected chi connectivity index (χ3v) is 6.28. The number of benzene rings is 1. The average molecular weight is 451 g/mol.